The van der Waals surface area contributed by atoms with Gasteiger partial charge in [0, 0.05) is 54.9 Å². The first-order chi connectivity index (χ1) is 22.6. The van der Waals surface area contributed by atoms with Gasteiger partial charge in [-0.3, -0.25) is 24.0 Å². The van der Waals surface area contributed by atoms with Gasteiger partial charge in [-0.2, -0.15) is 0 Å². The van der Waals surface area contributed by atoms with Crippen molar-refractivity contribution < 1.29 is 38.2 Å². The molecule has 0 radical (unpaired) electrons. The second kappa shape index (κ2) is 13.7. The minimum absolute atomic E-state index is 0.0337. The number of carbonyl (C=O) groups excluding carboxylic acids is 5. The highest BCUT2D eigenvalue weighted by atomic mass is 16.5. The lowest BCUT2D eigenvalue weighted by atomic mass is 9.89. The number of allylic oxidation sites excluding steroid dienone is 2. The van der Waals surface area contributed by atoms with E-state index in [0.717, 1.165) is 48.1 Å². The molecule has 2 aromatic carbocycles. The third-order valence-electron chi connectivity index (χ3n) is 9.51. The summed E-state index contributed by atoms with van der Waals surface area (Å²) in [5.41, 5.74) is 4.66. The molecular formula is C37H40N2O8. The van der Waals surface area contributed by atoms with E-state index in [9.17, 15) is 24.0 Å². The predicted octanol–water partition coefficient (Wildman–Crippen LogP) is 5.12. The Kier molecular flexibility index (Phi) is 9.40. The van der Waals surface area contributed by atoms with Crippen LogP contribution in [0.15, 0.2) is 60.7 Å². The maximum absolute atomic E-state index is 12.8. The van der Waals surface area contributed by atoms with Crippen LogP contribution in [-0.2, 0) is 32.2 Å². The Bertz CT molecular complexity index is 1660. The highest BCUT2D eigenvalue weighted by Gasteiger charge is 2.40. The van der Waals surface area contributed by atoms with Crippen LogP contribution < -0.4 is 9.47 Å². The van der Waals surface area contributed by atoms with E-state index in [1.54, 1.807) is 28.0 Å². The van der Waals surface area contributed by atoms with Crippen molar-refractivity contribution in [2.24, 2.45) is 0 Å². The fourth-order valence-corrected chi connectivity index (χ4v) is 7.06. The van der Waals surface area contributed by atoms with E-state index in [-0.39, 0.29) is 35.5 Å². The average molecular weight is 641 g/mol. The fourth-order valence-electron chi connectivity index (χ4n) is 7.06. The molecule has 7 rings (SSSR count). The molecule has 2 aliphatic carbocycles. The predicted molar refractivity (Wildman–Crippen MR) is 172 cm³/mol. The van der Waals surface area contributed by atoms with Gasteiger partial charge in [-0.05, 0) is 49.9 Å². The number of carbonyl (C=O) groups is 5. The van der Waals surface area contributed by atoms with Crippen molar-refractivity contribution in [1.29, 1.82) is 0 Å². The molecule has 0 aromatic heterocycles. The molecule has 3 heterocycles. The van der Waals surface area contributed by atoms with Crippen LogP contribution in [0.1, 0.15) is 90.1 Å². The Morgan fingerprint density at radius 1 is 0.745 bits per heavy atom. The summed E-state index contributed by atoms with van der Waals surface area (Å²) in [4.78, 5) is 64.5. The van der Waals surface area contributed by atoms with Crippen molar-refractivity contribution >= 4 is 29.4 Å². The van der Waals surface area contributed by atoms with Gasteiger partial charge in [0.25, 0.3) is 11.8 Å². The van der Waals surface area contributed by atoms with Crippen molar-refractivity contribution in [3.8, 4) is 11.5 Å². The van der Waals surface area contributed by atoms with Crippen molar-refractivity contribution in [2.75, 3.05) is 13.2 Å². The smallest absolute Gasteiger partial charge is 0.308 e. The molecule has 10 nitrogen and oxygen atoms in total. The Balaban J connectivity index is 0.000000166. The summed E-state index contributed by atoms with van der Waals surface area (Å²) in [6.45, 7) is 11.3. The van der Waals surface area contributed by atoms with E-state index in [4.69, 9.17) is 14.2 Å². The van der Waals surface area contributed by atoms with E-state index in [1.807, 2.05) is 18.2 Å². The summed E-state index contributed by atoms with van der Waals surface area (Å²) in [5.74, 6) is 0.648. The van der Waals surface area contributed by atoms with Crippen molar-refractivity contribution in [2.45, 2.75) is 89.6 Å². The van der Waals surface area contributed by atoms with Gasteiger partial charge < -0.3 is 24.0 Å². The number of Topliss-reactive ketones (excluding diaryl/α,β-unsaturated/α-hetero) is 2. The lowest BCUT2D eigenvalue weighted by molar-refractivity contribution is -0.132. The minimum atomic E-state index is -0.427. The van der Waals surface area contributed by atoms with E-state index in [0.29, 0.717) is 74.4 Å². The van der Waals surface area contributed by atoms with Crippen molar-refractivity contribution in [1.82, 2.24) is 9.80 Å². The number of hydrogen-bond donors (Lipinski definition) is 0. The van der Waals surface area contributed by atoms with Crippen LogP contribution in [0.4, 0.5) is 0 Å². The van der Waals surface area contributed by atoms with Gasteiger partial charge in [0.05, 0.1) is 38.4 Å². The number of fused-ring (bicyclic) bond motifs is 2. The van der Waals surface area contributed by atoms with E-state index in [1.165, 1.54) is 6.92 Å². The van der Waals surface area contributed by atoms with Crippen LogP contribution in [0.25, 0.3) is 0 Å². The summed E-state index contributed by atoms with van der Waals surface area (Å²) in [6.07, 6.45) is 5.43. The van der Waals surface area contributed by atoms with Gasteiger partial charge in [-0.1, -0.05) is 36.4 Å². The molecule has 246 valence electrons. The minimum Gasteiger partial charge on any atom is -0.490 e. The van der Waals surface area contributed by atoms with Crippen LogP contribution in [0.2, 0.25) is 0 Å². The van der Waals surface area contributed by atoms with Gasteiger partial charge in [0.1, 0.15) is 17.6 Å². The maximum Gasteiger partial charge on any atom is 0.308 e. The second-order valence-corrected chi connectivity index (χ2v) is 12.8. The van der Waals surface area contributed by atoms with Gasteiger partial charge in [-0.15, -0.1) is 0 Å². The second-order valence-electron chi connectivity index (χ2n) is 12.8. The first kappa shape index (κ1) is 32.4. The Hall–Kier alpha value is -4.57. The fraction of sp³-hybridized carbons (Fsp3) is 0.432. The molecule has 3 aliphatic heterocycles. The molecule has 10 heteroatoms. The highest BCUT2D eigenvalue weighted by molar-refractivity contribution is 6.03. The largest absolute Gasteiger partial charge is 0.490 e. The molecule has 0 N–H and O–H groups in total. The molecule has 1 saturated heterocycles. The SMILES string of the molecule is C=C1CCC(N2Cc3c(OC(C)=O)cccc3C2=O)C(=O)C1.C=C1CCC(N2Cc3c(OC4CCOCC4)cccc3C2=O)C(=O)C1. The highest BCUT2D eigenvalue weighted by Crippen LogP contribution is 2.37. The first-order valence-electron chi connectivity index (χ1n) is 16.3. The zero-order chi connectivity index (χ0) is 33.2. The molecule has 2 amide bonds. The zero-order valence-electron chi connectivity index (χ0n) is 26.8. The van der Waals surface area contributed by atoms with Crippen molar-refractivity contribution in [3.05, 3.63) is 83.0 Å². The summed E-state index contributed by atoms with van der Waals surface area (Å²) in [6, 6.07) is 9.94. The number of rotatable bonds is 5. The topological polar surface area (TPSA) is 120 Å². The number of esters is 1. The van der Waals surface area contributed by atoms with E-state index < -0.39 is 12.0 Å². The summed E-state index contributed by atoms with van der Waals surface area (Å²) in [7, 11) is 0. The lowest BCUT2D eigenvalue weighted by Gasteiger charge is -2.30. The number of hydrogen-bond acceptors (Lipinski definition) is 8. The Morgan fingerprint density at radius 2 is 1.23 bits per heavy atom. The quantitative estimate of drug-likeness (QED) is 0.251. The molecule has 47 heavy (non-hydrogen) atoms. The number of ketones is 2. The normalized spacial score (nSPS) is 22.9. The van der Waals surface area contributed by atoms with Gasteiger partial charge in [0.15, 0.2) is 11.6 Å². The van der Waals surface area contributed by atoms with Crippen molar-refractivity contribution in [3.63, 3.8) is 0 Å². The van der Waals surface area contributed by atoms with E-state index in [2.05, 4.69) is 13.2 Å². The summed E-state index contributed by atoms with van der Waals surface area (Å²) < 4.78 is 16.7. The Labute approximate surface area is 274 Å². The first-order valence-corrected chi connectivity index (χ1v) is 16.3. The molecule has 5 aliphatic rings. The number of amides is 2. The molecule has 2 saturated carbocycles. The monoisotopic (exact) mass is 640 g/mol. The maximum atomic E-state index is 12.8. The molecule has 3 fully saturated rings. The van der Waals surface area contributed by atoms with Gasteiger partial charge in [0.2, 0.25) is 0 Å². The number of nitrogens with zero attached hydrogens (tertiary/aromatic N) is 2. The number of ether oxygens (including phenoxy) is 3. The zero-order valence-corrected chi connectivity index (χ0v) is 26.8. The van der Waals surface area contributed by atoms with Gasteiger partial charge >= 0.3 is 5.97 Å². The van der Waals surface area contributed by atoms with Crippen LogP contribution in [0.3, 0.4) is 0 Å². The third-order valence-corrected chi connectivity index (χ3v) is 9.51. The van der Waals surface area contributed by atoms with Gasteiger partial charge in [-0.25, -0.2) is 0 Å². The molecule has 2 unspecified atom stereocenters. The van der Waals surface area contributed by atoms with E-state index >= 15 is 0 Å². The molecule has 0 bridgehead atoms. The average Bonchev–Trinajstić information content (AvgIpc) is 3.55. The molecule has 2 atom stereocenters. The summed E-state index contributed by atoms with van der Waals surface area (Å²) in [5, 5.41) is 0. The van der Waals surface area contributed by atoms with Crippen LogP contribution in [-0.4, -0.2) is 70.6 Å². The standard InChI is InChI=1S/C20H23NO4.C17H17NO4/c1-13-5-6-17(18(22)11-13)21-12-16-15(20(21)23)3-2-4-19(16)25-14-7-9-24-10-8-14;1-10-6-7-14(15(20)8-10)18-9-13-12(17(18)21)4-3-5-16(13)22-11(2)19/h2-4,14,17H,1,5-12H2;3-5,14H,1,6-9H2,2H3. The third kappa shape index (κ3) is 6.79. The lowest BCUT2D eigenvalue weighted by Crippen LogP contribution is -2.43. The van der Waals surface area contributed by atoms with Crippen LogP contribution in [0, 0.1) is 0 Å². The molecular weight excluding hydrogens is 600 g/mol. The van der Waals surface area contributed by atoms with Crippen LogP contribution in [0.5, 0.6) is 11.5 Å². The van der Waals surface area contributed by atoms with Crippen LogP contribution >= 0.6 is 0 Å². The molecule has 0 spiro atoms. The molecule has 2 aromatic rings. The Morgan fingerprint density at radius 3 is 1.72 bits per heavy atom. The summed E-state index contributed by atoms with van der Waals surface area (Å²) >= 11 is 0. The number of benzene rings is 2.